The van der Waals surface area contributed by atoms with Gasteiger partial charge in [-0.25, -0.2) is 0 Å². The predicted molar refractivity (Wildman–Crippen MR) is 113 cm³/mol. The van der Waals surface area contributed by atoms with Crippen molar-refractivity contribution in [3.05, 3.63) is 49.1 Å². The average Bonchev–Trinajstić information content (AvgIpc) is 2.53. The van der Waals surface area contributed by atoms with E-state index < -0.39 is 45.7 Å². The molecule has 0 aromatic rings. The molecular formula is C14H32O4Si5. The lowest BCUT2D eigenvalue weighted by Gasteiger charge is -2.29. The van der Waals surface area contributed by atoms with Gasteiger partial charge in [0.2, 0.25) is 0 Å². The van der Waals surface area contributed by atoms with Gasteiger partial charge in [0.15, 0.2) is 45.7 Å². The molecule has 0 aliphatic carbocycles. The summed E-state index contributed by atoms with van der Waals surface area (Å²) in [6, 6.07) is 0. The molecular weight excluding hydrogens is 373 g/mol. The number of hydrogen-bond acceptors (Lipinski definition) is 4. The molecule has 4 atom stereocenters. The van der Waals surface area contributed by atoms with Gasteiger partial charge in [-0.2, -0.15) is 0 Å². The Balaban J connectivity index is 4.96. The van der Waals surface area contributed by atoms with Gasteiger partial charge in [-0.05, 0) is 26.2 Å². The van der Waals surface area contributed by atoms with Gasteiger partial charge < -0.3 is 17.7 Å². The van der Waals surface area contributed by atoms with Crippen molar-refractivity contribution in [3.8, 4) is 0 Å². The van der Waals surface area contributed by atoms with E-state index in [1.54, 1.807) is 0 Å². The molecule has 0 heterocycles. The summed E-state index contributed by atoms with van der Waals surface area (Å²) in [5, 5.41) is 0. The summed E-state index contributed by atoms with van der Waals surface area (Å²) in [4.78, 5) is 0. The van der Waals surface area contributed by atoms with Crippen LogP contribution >= 0.6 is 0 Å². The van der Waals surface area contributed by atoms with Crippen molar-refractivity contribution in [1.82, 2.24) is 0 Å². The Morgan fingerprint density at radius 2 is 0.826 bits per heavy atom. The maximum atomic E-state index is 6.10. The summed E-state index contributed by atoms with van der Waals surface area (Å²) in [6.07, 6.45) is 0. The molecule has 0 saturated carbocycles. The van der Waals surface area contributed by atoms with E-state index in [9.17, 15) is 0 Å². The van der Waals surface area contributed by atoms with Crippen molar-refractivity contribution in [1.29, 1.82) is 0 Å². The highest BCUT2D eigenvalue weighted by molar-refractivity contribution is 6.61. The molecule has 0 bridgehead atoms. The van der Waals surface area contributed by atoms with Gasteiger partial charge in [0, 0.05) is 0 Å². The van der Waals surface area contributed by atoms with Gasteiger partial charge in [0.05, 0.1) is 0 Å². The van der Waals surface area contributed by atoms with Crippen LogP contribution in [-0.4, -0.2) is 57.5 Å². The van der Waals surface area contributed by atoms with E-state index in [4.69, 9.17) is 17.7 Å². The van der Waals surface area contributed by atoms with Crippen LogP contribution in [0.25, 0.3) is 0 Å². The molecule has 0 N–H and O–H groups in total. The molecule has 0 spiro atoms. The first-order chi connectivity index (χ1) is 10.9. The van der Waals surface area contributed by atoms with E-state index in [-0.39, 0.29) is 11.8 Å². The lowest BCUT2D eigenvalue weighted by molar-refractivity contribution is 0.0361. The second-order valence-corrected chi connectivity index (χ2v) is 15.8. The molecule has 0 saturated heterocycles. The van der Waals surface area contributed by atoms with Crippen LogP contribution in [0.15, 0.2) is 49.1 Å². The van der Waals surface area contributed by atoms with Gasteiger partial charge in [-0.3, -0.25) is 0 Å². The summed E-state index contributed by atoms with van der Waals surface area (Å²) in [5.41, 5.74) is 7.63. The second kappa shape index (κ2) is 13.2. The minimum atomic E-state index is -1.42. The first-order valence-electron chi connectivity index (χ1n) is 7.98. The van der Waals surface area contributed by atoms with Crippen molar-refractivity contribution in [2.75, 3.05) is 0 Å². The minimum Gasteiger partial charge on any atom is -0.396 e. The Bertz CT molecular complexity index is 316. The molecule has 9 heteroatoms. The summed E-state index contributed by atoms with van der Waals surface area (Å²) >= 11 is 0. The largest absolute Gasteiger partial charge is 0.396 e. The maximum absolute atomic E-state index is 6.10. The zero-order valence-electron chi connectivity index (χ0n) is 14.9. The summed E-state index contributed by atoms with van der Waals surface area (Å²) in [5.74, 6) is -0.396. The zero-order valence-corrected chi connectivity index (χ0v) is 21.0. The van der Waals surface area contributed by atoms with Crippen LogP contribution < -0.4 is 0 Å². The zero-order chi connectivity index (χ0) is 17.8. The highest BCUT2D eigenvalue weighted by atomic mass is 28.3. The Morgan fingerprint density at radius 1 is 0.609 bits per heavy atom. The lowest BCUT2D eigenvalue weighted by atomic mass is 11.3. The van der Waals surface area contributed by atoms with E-state index in [1.807, 2.05) is 22.8 Å². The molecule has 132 valence electrons. The van der Waals surface area contributed by atoms with Crippen LogP contribution in [0.3, 0.4) is 0 Å². The van der Waals surface area contributed by atoms with Crippen molar-refractivity contribution in [2.45, 2.75) is 38.0 Å². The van der Waals surface area contributed by atoms with Crippen molar-refractivity contribution in [3.63, 3.8) is 0 Å². The fraction of sp³-hybridized carbons (Fsp3) is 0.429. The van der Waals surface area contributed by atoms with Crippen molar-refractivity contribution in [2.24, 2.45) is 0 Å². The first-order valence-corrected chi connectivity index (χ1v) is 18.8. The van der Waals surface area contributed by atoms with Gasteiger partial charge in [-0.1, -0.05) is 22.8 Å². The molecule has 4 nitrogen and oxygen atoms in total. The predicted octanol–water partition coefficient (Wildman–Crippen LogP) is 1.10. The summed E-state index contributed by atoms with van der Waals surface area (Å²) in [7, 11) is -6.59. The van der Waals surface area contributed by atoms with Gasteiger partial charge in [-0.15, -0.1) is 26.3 Å². The van der Waals surface area contributed by atoms with Crippen LogP contribution in [0.5, 0.6) is 0 Å². The van der Waals surface area contributed by atoms with E-state index in [2.05, 4.69) is 52.5 Å². The number of rotatable bonds is 14. The third kappa shape index (κ3) is 11.1. The van der Waals surface area contributed by atoms with E-state index in [1.165, 1.54) is 0 Å². The van der Waals surface area contributed by atoms with Crippen LogP contribution in [0, 0.1) is 0 Å². The molecule has 0 aromatic heterocycles. The van der Waals surface area contributed by atoms with E-state index in [0.29, 0.717) is 0 Å². The minimum absolute atomic E-state index is 0.198. The smallest absolute Gasteiger partial charge is 0.200 e. The van der Waals surface area contributed by atoms with Gasteiger partial charge >= 0.3 is 0 Å². The third-order valence-electron chi connectivity index (χ3n) is 3.18. The molecule has 4 unspecified atom stereocenters. The highest BCUT2D eigenvalue weighted by Crippen LogP contribution is 2.08. The SMILES string of the molecule is C=C[SiH](C)OC(O[SiH](C)C=C)[SiH2]C(O[SiH](C)C=C)O[SiH](C)C=C. The van der Waals surface area contributed by atoms with Gasteiger partial charge in [0.25, 0.3) is 0 Å². The number of hydrogen-bond donors (Lipinski definition) is 0. The van der Waals surface area contributed by atoms with Crippen LogP contribution in [0.1, 0.15) is 0 Å². The topological polar surface area (TPSA) is 36.9 Å². The molecule has 0 aliphatic rings. The molecule has 23 heavy (non-hydrogen) atoms. The monoisotopic (exact) mass is 404 g/mol. The fourth-order valence-corrected chi connectivity index (χ4v) is 10.2. The van der Waals surface area contributed by atoms with E-state index >= 15 is 0 Å². The van der Waals surface area contributed by atoms with E-state index in [0.717, 1.165) is 0 Å². The Kier molecular flexibility index (Phi) is 13.1. The quantitative estimate of drug-likeness (QED) is 0.321. The molecule has 0 radical (unpaired) electrons. The molecule has 0 fully saturated rings. The van der Waals surface area contributed by atoms with Gasteiger partial charge in [0.1, 0.15) is 11.8 Å². The van der Waals surface area contributed by atoms with Crippen LogP contribution in [0.2, 0.25) is 26.2 Å². The van der Waals surface area contributed by atoms with Crippen molar-refractivity contribution >= 4 is 45.7 Å². The summed E-state index contributed by atoms with van der Waals surface area (Å²) < 4.78 is 24.4. The van der Waals surface area contributed by atoms with Crippen LogP contribution in [0.4, 0.5) is 0 Å². The molecule has 0 aliphatic heterocycles. The molecule has 0 aromatic carbocycles. The summed E-state index contributed by atoms with van der Waals surface area (Å²) in [6.45, 7) is 23.7. The standard InChI is InChI=1S/C14H32O4Si5/c1-9-20(5)15-13(16-21(6)10-2)19-14(17-22(7)11-3)18-23(8)12-4/h9-14,20-23H,1-4,19H2,5-8H3. The fourth-order valence-electron chi connectivity index (χ4n) is 1.62. The maximum Gasteiger partial charge on any atom is 0.200 e. The second-order valence-electron chi connectivity index (χ2n) is 5.40. The Morgan fingerprint density at radius 3 is 1.00 bits per heavy atom. The average molecular weight is 405 g/mol. The Hall–Kier alpha value is -0.116. The normalized spacial score (nSPS) is 19.5. The third-order valence-corrected chi connectivity index (χ3v) is 11.8. The van der Waals surface area contributed by atoms with Crippen molar-refractivity contribution < 1.29 is 17.7 Å². The first kappa shape index (κ1) is 22.9. The molecule has 0 rings (SSSR count). The lowest BCUT2D eigenvalue weighted by Crippen LogP contribution is -2.44. The highest BCUT2D eigenvalue weighted by Gasteiger charge is 2.25. The Labute approximate surface area is 150 Å². The molecule has 0 amide bonds. The van der Waals surface area contributed by atoms with Crippen LogP contribution in [-0.2, 0) is 17.7 Å².